The average molecular weight is 249 g/mol. The van der Waals surface area contributed by atoms with Gasteiger partial charge in [0.2, 0.25) is 5.88 Å². The molecule has 1 saturated carbocycles. The van der Waals surface area contributed by atoms with Crippen LogP contribution in [0.3, 0.4) is 0 Å². The van der Waals surface area contributed by atoms with Gasteiger partial charge in [-0.15, -0.1) is 0 Å². The van der Waals surface area contributed by atoms with Gasteiger partial charge in [0.1, 0.15) is 18.2 Å². The Bertz CT molecular complexity index is 406. The molecule has 1 fully saturated rings. The van der Waals surface area contributed by atoms with Crippen molar-refractivity contribution in [2.24, 2.45) is 5.92 Å². The van der Waals surface area contributed by atoms with Crippen molar-refractivity contribution in [3.05, 3.63) is 11.9 Å². The standard InChI is InChI=1S/C14H23N3O/c1-9(2)12-13(15)16-8-17-14(12)18-11-6-4-5-10(3)7-11/h8-11H,4-7H2,1-3H3,(H2,15,16,17). The summed E-state index contributed by atoms with van der Waals surface area (Å²) in [6.45, 7) is 6.46. The third-order valence-electron chi connectivity index (χ3n) is 3.62. The van der Waals surface area contributed by atoms with Crippen molar-refractivity contribution in [3.63, 3.8) is 0 Å². The quantitative estimate of drug-likeness (QED) is 0.894. The van der Waals surface area contributed by atoms with Gasteiger partial charge in [-0.1, -0.05) is 27.2 Å². The Morgan fingerprint density at radius 1 is 1.33 bits per heavy atom. The summed E-state index contributed by atoms with van der Waals surface area (Å²) in [5, 5.41) is 0. The van der Waals surface area contributed by atoms with Crippen molar-refractivity contribution in [1.29, 1.82) is 0 Å². The summed E-state index contributed by atoms with van der Waals surface area (Å²) in [6, 6.07) is 0. The van der Waals surface area contributed by atoms with E-state index >= 15 is 0 Å². The molecule has 1 aliphatic carbocycles. The molecule has 18 heavy (non-hydrogen) atoms. The van der Waals surface area contributed by atoms with Crippen molar-refractivity contribution in [1.82, 2.24) is 9.97 Å². The third kappa shape index (κ3) is 2.92. The third-order valence-corrected chi connectivity index (χ3v) is 3.62. The zero-order chi connectivity index (χ0) is 13.1. The minimum atomic E-state index is 0.278. The van der Waals surface area contributed by atoms with E-state index in [1.807, 2.05) is 0 Å². The lowest BCUT2D eigenvalue weighted by atomic mass is 9.88. The van der Waals surface area contributed by atoms with Gasteiger partial charge in [-0.2, -0.15) is 0 Å². The summed E-state index contributed by atoms with van der Waals surface area (Å²) >= 11 is 0. The minimum Gasteiger partial charge on any atom is -0.474 e. The molecule has 1 aromatic heterocycles. The van der Waals surface area contributed by atoms with Crippen LogP contribution >= 0.6 is 0 Å². The van der Waals surface area contributed by atoms with Gasteiger partial charge in [0, 0.05) is 0 Å². The number of hydrogen-bond donors (Lipinski definition) is 1. The first-order valence-corrected chi connectivity index (χ1v) is 6.85. The van der Waals surface area contributed by atoms with E-state index in [4.69, 9.17) is 10.5 Å². The Balaban J connectivity index is 2.15. The first-order valence-electron chi connectivity index (χ1n) is 6.85. The summed E-state index contributed by atoms with van der Waals surface area (Å²) in [6.07, 6.45) is 6.54. The molecule has 0 aromatic carbocycles. The Morgan fingerprint density at radius 2 is 2.11 bits per heavy atom. The Labute approximate surface area is 109 Å². The molecule has 2 rings (SSSR count). The summed E-state index contributed by atoms with van der Waals surface area (Å²) < 4.78 is 6.07. The number of anilines is 1. The summed E-state index contributed by atoms with van der Waals surface area (Å²) in [5.41, 5.74) is 6.86. The van der Waals surface area contributed by atoms with Crippen LogP contribution in [0.4, 0.5) is 5.82 Å². The van der Waals surface area contributed by atoms with E-state index < -0.39 is 0 Å². The molecule has 1 aliphatic rings. The Hall–Kier alpha value is -1.32. The molecular weight excluding hydrogens is 226 g/mol. The van der Waals surface area contributed by atoms with E-state index in [2.05, 4.69) is 30.7 Å². The zero-order valence-corrected chi connectivity index (χ0v) is 11.5. The van der Waals surface area contributed by atoms with Crippen molar-refractivity contribution in [2.45, 2.75) is 58.5 Å². The van der Waals surface area contributed by atoms with Crippen molar-refractivity contribution in [2.75, 3.05) is 5.73 Å². The van der Waals surface area contributed by atoms with E-state index in [0.717, 1.165) is 24.3 Å². The predicted octanol–water partition coefficient (Wildman–Crippen LogP) is 3.14. The molecule has 4 heteroatoms. The van der Waals surface area contributed by atoms with Crippen molar-refractivity contribution >= 4 is 5.82 Å². The maximum atomic E-state index is 6.07. The number of hydrogen-bond acceptors (Lipinski definition) is 4. The first kappa shape index (κ1) is 13.1. The monoisotopic (exact) mass is 249 g/mol. The number of ether oxygens (including phenoxy) is 1. The van der Waals surface area contributed by atoms with Gasteiger partial charge >= 0.3 is 0 Å². The van der Waals surface area contributed by atoms with Crippen molar-refractivity contribution in [3.8, 4) is 5.88 Å². The van der Waals surface area contributed by atoms with Gasteiger partial charge in [-0.05, 0) is 31.1 Å². The highest BCUT2D eigenvalue weighted by Gasteiger charge is 2.23. The summed E-state index contributed by atoms with van der Waals surface area (Å²) in [7, 11) is 0. The molecule has 0 saturated heterocycles. The van der Waals surface area contributed by atoms with Crippen LogP contribution in [0, 0.1) is 5.92 Å². The van der Waals surface area contributed by atoms with Crippen LogP contribution in [0.25, 0.3) is 0 Å². The molecule has 100 valence electrons. The molecule has 1 aromatic rings. The van der Waals surface area contributed by atoms with Gasteiger partial charge in [0.05, 0.1) is 5.56 Å². The first-order chi connectivity index (χ1) is 8.58. The van der Waals surface area contributed by atoms with E-state index in [1.165, 1.54) is 19.2 Å². The van der Waals surface area contributed by atoms with E-state index in [0.29, 0.717) is 11.7 Å². The van der Waals surface area contributed by atoms with E-state index in [9.17, 15) is 0 Å². The highest BCUT2D eigenvalue weighted by molar-refractivity contribution is 5.46. The molecule has 0 aliphatic heterocycles. The molecule has 2 unspecified atom stereocenters. The molecule has 2 atom stereocenters. The lowest BCUT2D eigenvalue weighted by molar-refractivity contribution is 0.122. The summed E-state index contributed by atoms with van der Waals surface area (Å²) in [4.78, 5) is 8.32. The van der Waals surface area contributed by atoms with Crippen LogP contribution in [0.2, 0.25) is 0 Å². The maximum absolute atomic E-state index is 6.07. The molecule has 0 spiro atoms. The molecule has 0 radical (unpaired) electrons. The fourth-order valence-electron chi connectivity index (χ4n) is 2.67. The van der Waals surface area contributed by atoms with Crippen molar-refractivity contribution < 1.29 is 4.74 Å². The van der Waals surface area contributed by atoms with Crippen LogP contribution in [-0.4, -0.2) is 16.1 Å². The predicted molar refractivity (Wildman–Crippen MR) is 72.6 cm³/mol. The zero-order valence-electron chi connectivity index (χ0n) is 11.5. The topological polar surface area (TPSA) is 61.0 Å². The second-order valence-corrected chi connectivity index (χ2v) is 5.64. The smallest absolute Gasteiger partial charge is 0.222 e. The number of nitrogens with zero attached hydrogens (tertiary/aromatic N) is 2. The average Bonchev–Trinajstić information content (AvgIpc) is 2.28. The largest absolute Gasteiger partial charge is 0.474 e. The molecule has 0 bridgehead atoms. The normalized spacial score (nSPS) is 24.2. The SMILES string of the molecule is CC1CCCC(Oc2ncnc(N)c2C(C)C)C1. The second kappa shape index (κ2) is 5.55. The van der Waals surface area contributed by atoms with E-state index in [1.54, 1.807) is 0 Å². The maximum Gasteiger partial charge on any atom is 0.222 e. The fraction of sp³-hybridized carbons (Fsp3) is 0.714. The molecule has 2 N–H and O–H groups in total. The number of nitrogens with two attached hydrogens (primary N) is 1. The minimum absolute atomic E-state index is 0.278. The van der Waals surface area contributed by atoms with Gasteiger partial charge in [0.25, 0.3) is 0 Å². The molecule has 4 nitrogen and oxygen atoms in total. The lowest BCUT2D eigenvalue weighted by Crippen LogP contribution is -2.25. The highest BCUT2D eigenvalue weighted by Crippen LogP contribution is 2.32. The van der Waals surface area contributed by atoms with E-state index in [-0.39, 0.29) is 12.0 Å². The Kier molecular flexibility index (Phi) is 4.04. The van der Waals surface area contributed by atoms with Crippen LogP contribution in [0.1, 0.15) is 57.9 Å². The molecule has 0 amide bonds. The van der Waals surface area contributed by atoms with Gasteiger partial charge in [0.15, 0.2) is 0 Å². The van der Waals surface area contributed by atoms with Crippen LogP contribution in [0.5, 0.6) is 5.88 Å². The van der Waals surface area contributed by atoms with Gasteiger partial charge < -0.3 is 10.5 Å². The summed E-state index contributed by atoms with van der Waals surface area (Å²) in [5.74, 6) is 2.24. The molecular formula is C14H23N3O. The van der Waals surface area contributed by atoms with Crippen LogP contribution in [0.15, 0.2) is 6.33 Å². The lowest BCUT2D eigenvalue weighted by Gasteiger charge is -2.28. The van der Waals surface area contributed by atoms with Crippen LogP contribution < -0.4 is 10.5 Å². The van der Waals surface area contributed by atoms with Gasteiger partial charge in [-0.25, -0.2) is 9.97 Å². The Morgan fingerprint density at radius 3 is 2.78 bits per heavy atom. The number of nitrogen functional groups attached to an aromatic ring is 1. The number of rotatable bonds is 3. The molecule has 1 heterocycles. The van der Waals surface area contributed by atoms with Crippen LogP contribution in [-0.2, 0) is 0 Å². The highest BCUT2D eigenvalue weighted by atomic mass is 16.5. The number of aromatic nitrogens is 2. The van der Waals surface area contributed by atoms with Gasteiger partial charge in [-0.3, -0.25) is 0 Å². The second-order valence-electron chi connectivity index (χ2n) is 5.64. The fourth-order valence-corrected chi connectivity index (χ4v) is 2.67.